The number of aromatic nitrogens is 2. The molecule has 0 unspecified atom stereocenters. The van der Waals surface area contributed by atoms with Crippen LogP contribution in [0.4, 0.5) is 11.6 Å². The van der Waals surface area contributed by atoms with E-state index in [4.69, 9.17) is 30.0 Å². The fourth-order valence-corrected chi connectivity index (χ4v) is 15.2. The first kappa shape index (κ1) is 41.3. The van der Waals surface area contributed by atoms with E-state index >= 15 is 0 Å². The van der Waals surface area contributed by atoms with E-state index in [0.717, 1.165) is 0 Å². The van der Waals surface area contributed by atoms with Crippen molar-refractivity contribution < 1.29 is 44.0 Å². The van der Waals surface area contributed by atoms with Crippen molar-refractivity contribution in [2.45, 2.75) is 14.7 Å². The van der Waals surface area contributed by atoms with Gasteiger partial charge in [-0.15, -0.1) is 0 Å². The molecule has 22 heteroatoms. The van der Waals surface area contributed by atoms with Gasteiger partial charge in [0, 0.05) is 0 Å². The van der Waals surface area contributed by atoms with Gasteiger partial charge in [0.15, 0.2) is 0 Å². The Morgan fingerprint density at radius 1 is 0.371 bits per heavy atom. The van der Waals surface area contributed by atoms with Crippen molar-refractivity contribution in [2.75, 3.05) is 0 Å². The first-order valence-corrected chi connectivity index (χ1v) is 27.6. The molecule has 6 heterocycles. The van der Waals surface area contributed by atoms with Gasteiger partial charge in [-0.25, -0.2) is 0 Å². The summed E-state index contributed by atoms with van der Waals surface area (Å²) in [5.41, 5.74) is 2.56. The number of nitrogens with zero attached hydrogens (tertiary/aromatic N) is 8. The molecule has 0 atom stereocenters. The van der Waals surface area contributed by atoms with Gasteiger partial charge >= 0.3 is 403 Å². The zero-order valence-corrected chi connectivity index (χ0v) is 40.0. The van der Waals surface area contributed by atoms with Crippen LogP contribution >= 0.6 is 0 Å². The zero-order valence-electron chi connectivity index (χ0n) is 35.2. The molecule has 0 saturated carbocycles. The van der Waals surface area contributed by atoms with Crippen LogP contribution < -0.4 is 11.0 Å². The summed E-state index contributed by atoms with van der Waals surface area (Å²) in [5.74, 6) is 1.39. The van der Waals surface area contributed by atoms with Crippen LogP contribution in [-0.2, 0) is 30.4 Å². The van der Waals surface area contributed by atoms with Gasteiger partial charge in [-0.2, -0.15) is 0 Å². The van der Waals surface area contributed by atoms with Crippen LogP contribution in [0.5, 0.6) is 5.75 Å². The van der Waals surface area contributed by atoms with Crippen LogP contribution in [0.2, 0.25) is 0 Å². The molecule has 14 rings (SSSR count). The van der Waals surface area contributed by atoms with Gasteiger partial charge in [0.25, 0.3) is 0 Å². The van der Waals surface area contributed by atoms with Crippen LogP contribution in [-0.4, -0.2) is 91.8 Å². The molecule has 2 aromatic heterocycles. The standard InChI is InChI=1S/C48H24N8O10S3.Ga/c57-37-9-1-5-21-13-29-33(17-25(21)37)45-49-41(29)51-46-35-19-27-23(7-3-11-39(27)68(61,62)63)15-31(35)43(53-46)55-48-36-20-28-24(8-4-12-40(28)69(64,65)66)16-32(36)44(56-48)54-47-34-18-26-22(14-30(34)42(50-45)52-47)6-2-10-38(26)67(58,59)60;/h1-20H,(H4-2,49,50,51,52,53,54,55,56,57,58,59,60,61,62,63,64,65,66);/q-2;+2. The van der Waals surface area contributed by atoms with Crippen molar-refractivity contribution in [3.05, 3.63) is 155 Å². The number of hydrogen-bond donors (Lipinski definition) is 4. The number of phenolic OH excluding ortho intramolecular Hbond substituents is 1. The molecular weight excluding hydrogens is 1010 g/mol. The molecule has 337 valence electrons. The SMILES string of the molecule is O=S(=O)(O)c1cccc2cc3c(cc12)C1=Nc2c4cc5cccc(S(=O)(=O)O)c5cc4c4[n]2[Ga][n]2c(c5cc6cccc(S(=O)(=O)O)c6cc5c2=NC3=N1)=NC1=NC(=N4)c2cc3cccc(O)c3cc21. The Hall–Kier alpha value is -7.67. The molecule has 6 bridgehead atoms. The molecule has 0 spiro atoms. The second-order valence-electron chi connectivity index (χ2n) is 17.1. The molecule has 18 nitrogen and oxygen atoms in total. The summed E-state index contributed by atoms with van der Waals surface area (Å²) in [6.07, 6.45) is 0. The van der Waals surface area contributed by atoms with Gasteiger partial charge in [0.05, 0.1) is 0 Å². The number of benzene rings is 8. The Morgan fingerprint density at radius 3 is 1.26 bits per heavy atom. The van der Waals surface area contributed by atoms with E-state index in [2.05, 4.69) is 0 Å². The molecule has 0 saturated heterocycles. The Morgan fingerprint density at radius 2 is 0.743 bits per heavy atom. The third-order valence-corrected chi connectivity index (χ3v) is 18.9. The number of amidine groups is 4. The Labute approximate surface area is 400 Å². The average Bonchev–Trinajstić information content (AvgIpc) is 3.99. The minimum absolute atomic E-state index is 0.0281. The predicted octanol–water partition coefficient (Wildman–Crippen LogP) is 6.53. The summed E-state index contributed by atoms with van der Waals surface area (Å²) >= 11 is -2.38. The Balaban J connectivity index is 1.22. The maximum atomic E-state index is 12.9. The molecule has 0 aliphatic carbocycles. The van der Waals surface area contributed by atoms with Gasteiger partial charge in [-0.1, -0.05) is 0 Å². The first-order valence-electron chi connectivity index (χ1n) is 21.1. The van der Waals surface area contributed by atoms with Crippen molar-refractivity contribution in [1.29, 1.82) is 0 Å². The number of phenols is 1. The number of aliphatic imine (C=N–C) groups is 4. The minimum atomic E-state index is -4.74. The van der Waals surface area contributed by atoms with Crippen molar-refractivity contribution in [1.82, 2.24) is 6.55 Å². The maximum absolute atomic E-state index is 12.9. The van der Waals surface area contributed by atoms with E-state index in [1.807, 2.05) is 18.7 Å². The molecule has 10 aromatic rings. The Kier molecular flexibility index (Phi) is 8.12. The fraction of sp³-hybridized carbons (Fsp3) is 0. The number of rotatable bonds is 3. The molecule has 1 radical (unpaired) electrons. The van der Waals surface area contributed by atoms with Crippen LogP contribution in [0.1, 0.15) is 22.3 Å². The van der Waals surface area contributed by atoms with Gasteiger partial charge in [-0.3, -0.25) is 0 Å². The van der Waals surface area contributed by atoms with Crippen molar-refractivity contribution in [3.8, 4) is 5.75 Å². The van der Waals surface area contributed by atoms with E-state index in [-0.39, 0.29) is 65.4 Å². The van der Waals surface area contributed by atoms with Crippen LogP contribution in [0.25, 0.3) is 64.6 Å². The summed E-state index contributed by atoms with van der Waals surface area (Å²) in [7, 11) is -14.2. The number of fused-ring (bicyclic) bond motifs is 18. The summed E-state index contributed by atoms with van der Waals surface area (Å²) in [6.45, 7) is 0. The van der Waals surface area contributed by atoms with Crippen LogP contribution in [0.3, 0.4) is 0 Å². The third kappa shape index (κ3) is 5.86. The van der Waals surface area contributed by atoms with E-state index in [1.54, 1.807) is 72.8 Å². The van der Waals surface area contributed by atoms with Gasteiger partial charge < -0.3 is 0 Å². The van der Waals surface area contributed by atoms with Crippen LogP contribution in [0, 0.1) is 0 Å². The van der Waals surface area contributed by atoms with Gasteiger partial charge in [0.2, 0.25) is 0 Å². The second kappa shape index (κ2) is 13.8. The van der Waals surface area contributed by atoms with Gasteiger partial charge in [-0.05, 0) is 0 Å². The molecular formula is C48H24GaN8O10S3. The normalized spacial score (nSPS) is 15.0. The zero-order chi connectivity index (χ0) is 47.9. The first-order chi connectivity index (χ1) is 33.5. The fourth-order valence-electron chi connectivity index (χ4n) is 10.0. The molecule has 4 N–H and O–H groups in total. The topological polar surface area (TPSA) is 267 Å². The monoisotopic (exact) mass is 1040 g/mol. The van der Waals surface area contributed by atoms with Crippen molar-refractivity contribution in [3.63, 3.8) is 0 Å². The van der Waals surface area contributed by atoms with E-state index in [9.17, 15) is 44.0 Å². The molecule has 0 fully saturated rings. The Bertz CT molecular complexity index is 4910. The number of hydrogen-bond acceptors (Lipinski definition) is 13. The third-order valence-electron chi connectivity index (χ3n) is 13.1. The molecule has 4 aliphatic heterocycles. The predicted molar refractivity (Wildman–Crippen MR) is 262 cm³/mol. The summed E-state index contributed by atoms with van der Waals surface area (Å²) in [4.78, 5) is 30.2. The summed E-state index contributed by atoms with van der Waals surface area (Å²) in [6, 6.07) is 32.3. The van der Waals surface area contributed by atoms with Gasteiger partial charge in [0.1, 0.15) is 0 Å². The van der Waals surface area contributed by atoms with E-state index < -0.39 is 48.2 Å². The van der Waals surface area contributed by atoms with Crippen LogP contribution in [0.15, 0.2) is 166 Å². The van der Waals surface area contributed by atoms with E-state index in [0.29, 0.717) is 87.9 Å². The summed E-state index contributed by atoms with van der Waals surface area (Å²) < 4.78 is 112. The molecule has 8 aromatic carbocycles. The van der Waals surface area contributed by atoms with Crippen molar-refractivity contribution >= 4 is 148 Å². The molecule has 70 heavy (non-hydrogen) atoms. The quantitative estimate of drug-likeness (QED) is 0.110. The molecule has 4 aliphatic rings. The second-order valence-corrected chi connectivity index (χ2v) is 23.9. The van der Waals surface area contributed by atoms with E-state index in [1.165, 1.54) is 36.4 Å². The summed E-state index contributed by atoms with van der Waals surface area (Å²) in [5, 5.41) is 16.1. The van der Waals surface area contributed by atoms with Crippen molar-refractivity contribution in [2.24, 2.45) is 30.0 Å². The average molecular weight is 1040 g/mol. The number of aromatic hydroxyl groups is 1. The molecule has 0 amide bonds.